The molecule has 0 saturated heterocycles. The predicted octanol–water partition coefficient (Wildman–Crippen LogP) is 3.02. The van der Waals surface area contributed by atoms with Crippen LogP contribution in [0.2, 0.25) is 0 Å². The van der Waals surface area contributed by atoms with Crippen molar-refractivity contribution in [3.63, 3.8) is 0 Å². The van der Waals surface area contributed by atoms with Gasteiger partial charge in [0.05, 0.1) is 23.3 Å². The zero-order valence-corrected chi connectivity index (χ0v) is 12.4. The summed E-state index contributed by atoms with van der Waals surface area (Å²) in [5.41, 5.74) is 2.02. The Labute approximate surface area is 126 Å². The summed E-state index contributed by atoms with van der Waals surface area (Å²) in [6, 6.07) is 6.63. The molecule has 0 unspecified atom stereocenters. The van der Waals surface area contributed by atoms with Crippen LogP contribution in [0.4, 0.5) is 8.78 Å². The maximum atomic E-state index is 13.4. The Morgan fingerprint density at radius 1 is 1.27 bits per heavy atom. The molecule has 0 saturated carbocycles. The number of aromatic nitrogens is 4. The number of halogens is 2. The summed E-state index contributed by atoms with van der Waals surface area (Å²) >= 11 is 0. The van der Waals surface area contributed by atoms with E-state index in [2.05, 4.69) is 15.4 Å². The van der Waals surface area contributed by atoms with Crippen molar-refractivity contribution in [3.8, 4) is 0 Å². The number of aryl methyl sites for hydroxylation is 1. The van der Waals surface area contributed by atoms with E-state index in [0.29, 0.717) is 23.4 Å². The zero-order chi connectivity index (χ0) is 15.7. The highest BCUT2D eigenvalue weighted by atomic mass is 19.3. The maximum Gasteiger partial charge on any atom is 0.320 e. The van der Waals surface area contributed by atoms with Gasteiger partial charge in [-0.2, -0.15) is 13.9 Å². The van der Waals surface area contributed by atoms with Crippen molar-refractivity contribution in [3.05, 3.63) is 48.0 Å². The number of nitrogens with one attached hydrogen (secondary N) is 1. The van der Waals surface area contributed by atoms with Crippen molar-refractivity contribution in [2.45, 2.75) is 26.1 Å². The third-order valence-corrected chi connectivity index (χ3v) is 3.58. The Kier molecular flexibility index (Phi) is 3.89. The quantitative estimate of drug-likeness (QED) is 0.788. The Morgan fingerprint density at radius 2 is 2.05 bits per heavy atom. The molecule has 0 bridgehead atoms. The summed E-state index contributed by atoms with van der Waals surface area (Å²) in [7, 11) is 1.84. The number of imidazole rings is 1. The first-order chi connectivity index (χ1) is 10.6. The first-order valence-electron chi connectivity index (χ1n) is 7.02. The normalized spacial score (nSPS) is 13.1. The first kappa shape index (κ1) is 14.6. The molecule has 0 aliphatic carbocycles. The number of hydrogen-bond donors (Lipinski definition) is 1. The van der Waals surface area contributed by atoms with E-state index in [4.69, 9.17) is 0 Å². The van der Waals surface area contributed by atoms with E-state index in [-0.39, 0.29) is 6.04 Å². The third-order valence-electron chi connectivity index (χ3n) is 3.58. The molecule has 2 heterocycles. The lowest BCUT2D eigenvalue weighted by molar-refractivity contribution is 0.0698. The number of rotatable bonds is 5. The standard InChI is InChI=1S/C15H17F2N5/c1-10(18-7-11-8-19-21(2)9-11)14-20-12-5-3-4-6-13(12)22(14)15(16)17/h3-6,8-10,15,18H,7H2,1-2H3/t10-/m1/s1. The molecule has 3 aromatic rings. The fourth-order valence-electron chi connectivity index (χ4n) is 2.50. The number of hydrogen-bond acceptors (Lipinski definition) is 3. The lowest BCUT2D eigenvalue weighted by Crippen LogP contribution is -2.22. The number of alkyl halides is 2. The monoisotopic (exact) mass is 305 g/mol. The molecule has 0 amide bonds. The van der Waals surface area contributed by atoms with Crippen LogP contribution < -0.4 is 5.32 Å². The van der Waals surface area contributed by atoms with Crippen molar-refractivity contribution in [1.29, 1.82) is 0 Å². The molecule has 2 aromatic heterocycles. The van der Waals surface area contributed by atoms with Gasteiger partial charge in [-0.1, -0.05) is 12.1 Å². The topological polar surface area (TPSA) is 47.7 Å². The van der Waals surface area contributed by atoms with Crippen LogP contribution in [0.15, 0.2) is 36.7 Å². The molecule has 1 aromatic carbocycles. The highest BCUT2D eigenvalue weighted by Crippen LogP contribution is 2.26. The van der Waals surface area contributed by atoms with Crippen molar-refractivity contribution in [2.24, 2.45) is 7.05 Å². The summed E-state index contributed by atoms with van der Waals surface area (Å²) in [6.07, 6.45) is 3.63. The van der Waals surface area contributed by atoms with E-state index in [9.17, 15) is 8.78 Å². The minimum absolute atomic E-state index is 0.304. The van der Waals surface area contributed by atoms with Crippen LogP contribution in [-0.4, -0.2) is 19.3 Å². The average Bonchev–Trinajstić information content (AvgIpc) is 3.08. The molecule has 22 heavy (non-hydrogen) atoms. The van der Waals surface area contributed by atoms with Gasteiger partial charge in [-0.25, -0.2) is 4.98 Å². The lowest BCUT2D eigenvalue weighted by Gasteiger charge is -2.15. The van der Waals surface area contributed by atoms with Crippen molar-refractivity contribution in [2.75, 3.05) is 0 Å². The number of para-hydroxylation sites is 2. The molecule has 0 aliphatic rings. The molecule has 3 rings (SSSR count). The lowest BCUT2D eigenvalue weighted by atomic mass is 10.3. The smallest absolute Gasteiger partial charge is 0.303 e. The predicted molar refractivity (Wildman–Crippen MR) is 79.4 cm³/mol. The van der Waals surface area contributed by atoms with Gasteiger partial charge in [-0.05, 0) is 19.1 Å². The molecule has 0 fully saturated rings. The van der Waals surface area contributed by atoms with Crippen molar-refractivity contribution >= 4 is 11.0 Å². The Bertz CT molecular complexity index is 777. The van der Waals surface area contributed by atoms with Crippen LogP contribution in [-0.2, 0) is 13.6 Å². The molecule has 5 nitrogen and oxygen atoms in total. The summed E-state index contributed by atoms with van der Waals surface area (Å²) in [5, 5.41) is 7.30. The average molecular weight is 305 g/mol. The minimum Gasteiger partial charge on any atom is -0.303 e. The Morgan fingerprint density at radius 3 is 2.73 bits per heavy atom. The van der Waals surface area contributed by atoms with Gasteiger partial charge in [0.2, 0.25) is 0 Å². The Balaban J connectivity index is 1.86. The van der Waals surface area contributed by atoms with Crippen LogP contribution in [0.25, 0.3) is 11.0 Å². The van der Waals surface area contributed by atoms with Gasteiger partial charge in [0.1, 0.15) is 5.82 Å². The van der Waals surface area contributed by atoms with Crippen molar-refractivity contribution in [1.82, 2.24) is 24.6 Å². The van der Waals surface area contributed by atoms with Gasteiger partial charge in [0.25, 0.3) is 0 Å². The second-order valence-corrected chi connectivity index (χ2v) is 5.23. The largest absolute Gasteiger partial charge is 0.320 e. The molecular formula is C15H17F2N5. The summed E-state index contributed by atoms with van der Waals surface area (Å²) in [6.45, 7) is -0.247. The van der Waals surface area contributed by atoms with Gasteiger partial charge >= 0.3 is 6.55 Å². The maximum absolute atomic E-state index is 13.4. The van der Waals surface area contributed by atoms with E-state index in [1.165, 1.54) is 0 Å². The molecular weight excluding hydrogens is 288 g/mol. The number of nitrogens with zero attached hydrogens (tertiary/aromatic N) is 4. The Hall–Kier alpha value is -2.28. The first-order valence-corrected chi connectivity index (χ1v) is 7.02. The number of fused-ring (bicyclic) bond motifs is 1. The van der Waals surface area contributed by atoms with Crippen LogP contribution in [0, 0.1) is 0 Å². The summed E-state index contributed by atoms with van der Waals surface area (Å²) in [5.74, 6) is 0.333. The molecule has 1 atom stereocenters. The highest BCUT2D eigenvalue weighted by molar-refractivity contribution is 5.76. The van der Waals surface area contributed by atoms with E-state index < -0.39 is 6.55 Å². The third kappa shape index (κ3) is 2.71. The highest BCUT2D eigenvalue weighted by Gasteiger charge is 2.21. The molecule has 7 heteroatoms. The molecule has 0 spiro atoms. The minimum atomic E-state index is -2.62. The van der Waals surface area contributed by atoms with Crippen LogP contribution in [0.1, 0.15) is 30.9 Å². The SMILES string of the molecule is C[C@@H](NCc1cnn(C)c1)c1nc2ccccc2n1C(F)F. The second kappa shape index (κ2) is 5.84. The van der Waals surface area contributed by atoms with Gasteiger partial charge in [0.15, 0.2) is 0 Å². The van der Waals surface area contributed by atoms with E-state index in [1.807, 2.05) is 20.2 Å². The fourth-order valence-corrected chi connectivity index (χ4v) is 2.50. The molecule has 116 valence electrons. The van der Waals surface area contributed by atoms with Gasteiger partial charge in [0, 0.05) is 25.4 Å². The van der Waals surface area contributed by atoms with Gasteiger partial charge in [-0.15, -0.1) is 0 Å². The number of benzene rings is 1. The van der Waals surface area contributed by atoms with Crippen LogP contribution in [0.3, 0.4) is 0 Å². The molecule has 0 radical (unpaired) electrons. The summed E-state index contributed by atoms with van der Waals surface area (Å²) < 4.78 is 29.5. The van der Waals surface area contributed by atoms with Crippen molar-refractivity contribution < 1.29 is 8.78 Å². The second-order valence-electron chi connectivity index (χ2n) is 5.23. The van der Waals surface area contributed by atoms with Crippen LogP contribution in [0.5, 0.6) is 0 Å². The van der Waals surface area contributed by atoms with E-state index in [1.54, 1.807) is 35.1 Å². The summed E-state index contributed by atoms with van der Waals surface area (Å²) in [4.78, 5) is 4.35. The van der Waals surface area contributed by atoms with E-state index >= 15 is 0 Å². The molecule has 1 N–H and O–H groups in total. The van der Waals surface area contributed by atoms with Gasteiger partial charge in [-0.3, -0.25) is 9.25 Å². The van der Waals surface area contributed by atoms with E-state index in [0.717, 1.165) is 10.1 Å². The zero-order valence-electron chi connectivity index (χ0n) is 12.4. The molecule has 0 aliphatic heterocycles. The van der Waals surface area contributed by atoms with Gasteiger partial charge < -0.3 is 5.32 Å². The fraction of sp³-hybridized carbons (Fsp3) is 0.333. The van der Waals surface area contributed by atoms with Crippen LogP contribution >= 0.6 is 0 Å².